The van der Waals surface area contributed by atoms with Gasteiger partial charge >= 0.3 is 0 Å². The van der Waals surface area contributed by atoms with E-state index in [-0.39, 0.29) is 36.0 Å². The number of piperazine rings is 1. The quantitative estimate of drug-likeness (QED) is 0.643. The number of nitrogens with zero attached hydrogens (tertiary/aromatic N) is 1. The Morgan fingerprint density at radius 1 is 1.09 bits per heavy atom. The first-order chi connectivity index (χ1) is 9.30. The molecule has 1 fully saturated rings. The SMILES string of the molecule is CC(C)(C)[C@@H](c1cc(Br)c(O)c(Br)c1)N1CCNCC1.Cl.Cl. The summed E-state index contributed by atoms with van der Waals surface area (Å²) in [5.74, 6) is 0.265. The first-order valence-corrected chi connectivity index (χ1v) is 8.52. The van der Waals surface area contributed by atoms with Crippen LogP contribution in [-0.2, 0) is 0 Å². The normalized spacial score (nSPS) is 17.3. The summed E-state index contributed by atoms with van der Waals surface area (Å²) >= 11 is 6.89. The maximum Gasteiger partial charge on any atom is 0.143 e. The maximum absolute atomic E-state index is 9.91. The molecule has 1 aliphatic heterocycles. The lowest BCUT2D eigenvalue weighted by Crippen LogP contribution is -2.48. The molecular weight excluding hydrogens is 455 g/mol. The molecule has 2 N–H and O–H groups in total. The van der Waals surface area contributed by atoms with E-state index in [9.17, 15) is 5.11 Å². The molecule has 1 atom stereocenters. The molecule has 1 aromatic carbocycles. The molecule has 1 aliphatic rings. The van der Waals surface area contributed by atoms with E-state index in [1.165, 1.54) is 5.56 Å². The summed E-state index contributed by atoms with van der Waals surface area (Å²) in [6.07, 6.45) is 0. The van der Waals surface area contributed by atoms with Gasteiger partial charge in [0.15, 0.2) is 0 Å². The fourth-order valence-electron chi connectivity index (χ4n) is 2.94. The van der Waals surface area contributed by atoms with Gasteiger partial charge in [-0.25, -0.2) is 0 Å². The van der Waals surface area contributed by atoms with Crippen LogP contribution in [0.15, 0.2) is 21.1 Å². The number of hydrogen-bond acceptors (Lipinski definition) is 3. The van der Waals surface area contributed by atoms with Crippen molar-refractivity contribution in [2.75, 3.05) is 26.2 Å². The van der Waals surface area contributed by atoms with Crippen LogP contribution >= 0.6 is 56.7 Å². The third-order valence-corrected chi connectivity index (χ3v) is 4.90. The fourth-order valence-corrected chi connectivity index (χ4v) is 4.16. The summed E-state index contributed by atoms with van der Waals surface area (Å²) in [6.45, 7) is 11.0. The highest BCUT2D eigenvalue weighted by Crippen LogP contribution is 2.42. The molecule has 1 aromatic rings. The summed E-state index contributed by atoms with van der Waals surface area (Å²) in [7, 11) is 0. The van der Waals surface area contributed by atoms with E-state index in [2.05, 4.69) is 62.8 Å². The second-order valence-corrected chi connectivity index (χ2v) is 8.10. The van der Waals surface area contributed by atoms with E-state index in [1.54, 1.807) is 0 Å². The molecule has 1 saturated heterocycles. The number of hydrogen-bond donors (Lipinski definition) is 2. The van der Waals surface area contributed by atoms with E-state index in [1.807, 2.05) is 12.1 Å². The van der Waals surface area contributed by atoms with Gasteiger partial charge in [0.25, 0.3) is 0 Å². The largest absolute Gasteiger partial charge is 0.506 e. The summed E-state index contributed by atoms with van der Waals surface area (Å²) in [6, 6.07) is 4.41. The minimum atomic E-state index is 0. The number of phenolic OH excluding ortho intramolecular Hbond substituents is 1. The van der Waals surface area contributed by atoms with Crippen molar-refractivity contribution in [1.82, 2.24) is 10.2 Å². The van der Waals surface area contributed by atoms with Gasteiger partial charge in [0, 0.05) is 32.2 Å². The van der Waals surface area contributed by atoms with Crippen LogP contribution < -0.4 is 5.32 Å². The molecule has 0 amide bonds. The lowest BCUT2D eigenvalue weighted by Gasteiger charge is -2.42. The zero-order chi connectivity index (χ0) is 14.9. The molecule has 0 radical (unpaired) electrons. The molecule has 0 aliphatic carbocycles. The molecule has 0 bridgehead atoms. The standard InChI is InChI=1S/C15H22Br2N2O.2ClH/c1-15(2,3)14(19-6-4-18-5-7-19)10-8-11(16)13(20)12(17)9-10;;/h8-9,14,18,20H,4-7H2,1-3H3;2*1H/t14-;;/m1../s1. The highest BCUT2D eigenvalue weighted by molar-refractivity contribution is 9.11. The smallest absolute Gasteiger partial charge is 0.143 e. The summed E-state index contributed by atoms with van der Waals surface area (Å²) in [4.78, 5) is 2.53. The van der Waals surface area contributed by atoms with E-state index < -0.39 is 0 Å². The summed E-state index contributed by atoms with van der Waals surface area (Å²) in [5, 5.41) is 13.3. The first-order valence-electron chi connectivity index (χ1n) is 6.93. The second-order valence-electron chi connectivity index (χ2n) is 6.39. The highest BCUT2D eigenvalue weighted by Gasteiger charge is 2.33. The Morgan fingerprint density at radius 3 is 1.95 bits per heavy atom. The molecule has 0 spiro atoms. The molecule has 2 rings (SSSR count). The number of halogens is 4. The molecule has 0 aromatic heterocycles. The van der Waals surface area contributed by atoms with Crippen LogP contribution in [0.5, 0.6) is 5.75 Å². The molecule has 0 unspecified atom stereocenters. The Bertz CT molecular complexity index is 466. The topological polar surface area (TPSA) is 35.5 Å². The van der Waals surface area contributed by atoms with Gasteiger partial charge in [0.1, 0.15) is 5.75 Å². The van der Waals surface area contributed by atoms with Gasteiger partial charge in [0.05, 0.1) is 8.95 Å². The van der Waals surface area contributed by atoms with Gasteiger partial charge in [-0.2, -0.15) is 0 Å². The Balaban J connectivity index is 0.00000220. The van der Waals surface area contributed by atoms with Crippen LogP contribution in [-0.4, -0.2) is 36.2 Å². The number of aromatic hydroxyl groups is 1. The minimum absolute atomic E-state index is 0. The predicted molar refractivity (Wildman–Crippen MR) is 105 cm³/mol. The van der Waals surface area contributed by atoms with E-state index in [0.29, 0.717) is 6.04 Å². The minimum Gasteiger partial charge on any atom is -0.506 e. The molecule has 1 heterocycles. The Hall–Kier alpha value is 0.480. The van der Waals surface area contributed by atoms with Gasteiger partial charge in [-0.05, 0) is 55.0 Å². The second kappa shape index (κ2) is 9.09. The van der Waals surface area contributed by atoms with Crippen LogP contribution in [0.2, 0.25) is 0 Å². The van der Waals surface area contributed by atoms with Crippen molar-refractivity contribution in [1.29, 1.82) is 0 Å². The van der Waals surface area contributed by atoms with Crippen molar-refractivity contribution in [3.8, 4) is 5.75 Å². The maximum atomic E-state index is 9.91. The average molecular weight is 479 g/mol. The summed E-state index contributed by atoms with van der Waals surface area (Å²) < 4.78 is 1.48. The van der Waals surface area contributed by atoms with Crippen LogP contribution in [0.4, 0.5) is 0 Å². The van der Waals surface area contributed by atoms with Gasteiger partial charge in [-0.1, -0.05) is 20.8 Å². The molecular formula is C15H24Br2Cl2N2O. The van der Waals surface area contributed by atoms with Crippen molar-refractivity contribution in [3.63, 3.8) is 0 Å². The number of phenols is 1. The molecule has 7 heteroatoms. The van der Waals surface area contributed by atoms with Crippen molar-refractivity contribution < 1.29 is 5.11 Å². The van der Waals surface area contributed by atoms with Crippen LogP contribution in [0.3, 0.4) is 0 Å². The van der Waals surface area contributed by atoms with Crippen molar-refractivity contribution >= 4 is 56.7 Å². The van der Waals surface area contributed by atoms with Crippen molar-refractivity contribution in [2.45, 2.75) is 26.8 Å². The zero-order valence-electron chi connectivity index (χ0n) is 13.0. The van der Waals surface area contributed by atoms with Crippen LogP contribution in [0, 0.1) is 5.41 Å². The third kappa shape index (κ3) is 5.25. The highest BCUT2D eigenvalue weighted by atomic mass is 79.9. The van der Waals surface area contributed by atoms with E-state index in [4.69, 9.17) is 0 Å². The molecule has 0 saturated carbocycles. The van der Waals surface area contributed by atoms with Gasteiger partial charge < -0.3 is 10.4 Å². The fraction of sp³-hybridized carbons (Fsp3) is 0.600. The molecule has 128 valence electrons. The van der Waals surface area contributed by atoms with Crippen LogP contribution in [0.1, 0.15) is 32.4 Å². The van der Waals surface area contributed by atoms with E-state index >= 15 is 0 Å². The zero-order valence-corrected chi connectivity index (χ0v) is 17.8. The van der Waals surface area contributed by atoms with Crippen molar-refractivity contribution in [2.24, 2.45) is 5.41 Å². The van der Waals surface area contributed by atoms with Gasteiger partial charge in [-0.3, -0.25) is 4.90 Å². The first kappa shape index (κ1) is 22.5. The predicted octanol–water partition coefficient (Wildman–Crippen LogP) is 4.75. The molecule has 22 heavy (non-hydrogen) atoms. The van der Waals surface area contributed by atoms with E-state index in [0.717, 1.165) is 35.1 Å². The van der Waals surface area contributed by atoms with Crippen LogP contribution in [0.25, 0.3) is 0 Å². The lowest BCUT2D eigenvalue weighted by atomic mass is 9.81. The monoisotopic (exact) mass is 476 g/mol. The Labute approximate surface area is 162 Å². The number of benzene rings is 1. The van der Waals surface area contributed by atoms with Gasteiger partial charge in [0.2, 0.25) is 0 Å². The third-order valence-electron chi connectivity index (χ3n) is 3.69. The molecule has 3 nitrogen and oxygen atoms in total. The average Bonchev–Trinajstić information content (AvgIpc) is 2.35. The number of nitrogens with one attached hydrogen (secondary N) is 1. The lowest BCUT2D eigenvalue weighted by molar-refractivity contribution is 0.0861. The summed E-state index contributed by atoms with van der Waals surface area (Å²) in [5.41, 5.74) is 1.36. The van der Waals surface area contributed by atoms with Crippen molar-refractivity contribution in [3.05, 3.63) is 26.6 Å². The number of rotatable bonds is 2. The Kier molecular flexibility index (Phi) is 9.29. The Morgan fingerprint density at radius 2 is 1.55 bits per heavy atom. The van der Waals surface area contributed by atoms with Gasteiger partial charge in [-0.15, -0.1) is 24.8 Å².